The third-order valence-corrected chi connectivity index (χ3v) is 10.6. The van der Waals surface area contributed by atoms with Crippen LogP contribution >= 0.6 is 0 Å². The van der Waals surface area contributed by atoms with Gasteiger partial charge in [-0.3, -0.25) is 0 Å². The van der Waals surface area contributed by atoms with E-state index in [1.165, 1.54) is 5.57 Å². The van der Waals surface area contributed by atoms with Crippen LogP contribution in [0.25, 0.3) is 0 Å². The highest BCUT2D eigenvalue weighted by molar-refractivity contribution is 5.27. The molecule has 5 nitrogen and oxygen atoms in total. The normalized spacial score (nSPS) is 48.8. The molecule has 5 heteroatoms. The number of aliphatic hydroxyl groups excluding tert-OH is 5. The summed E-state index contributed by atoms with van der Waals surface area (Å²) in [6.07, 6.45) is 6.91. The van der Waals surface area contributed by atoms with E-state index < -0.39 is 18.3 Å². The summed E-state index contributed by atoms with van der Waals surface area (Å²) in [6, 6.07) is 0. The molecule has 4 aliphatic carbocycles. The first-order valence-corrected chi connectivity index (χ1v) is 13.1. The maximum Gasteiger partial charge on any atom is 0.0585 e. The molecular weight excluding hydrogens is 404 g/mol. The van der Waals surface area contributed by atoms with E-state index in [0.717, 1.165) is 38.5 Å². The molecule has 0 aromatic rings. The number of allylic oxidation sites excluding steroid dienone is 1. The second-order valence-corrected chi connectivity index (χ2v) is 12.5. The Balaban J connectivity index is 1.58. The lowest BCUT2D eigenvalue weighted by Gasteiger charge is -2.60. The molecule has 12 atom stereocenters. The van der Waals surface area contributed by atoms with Crippen molar-refractivity contribution in [1.82, 2.24) is 0 Å². The molecule has 0 bridgehead atoms. The van der Waals surface area contributed by atoms with Crippen molar-refractivity contribution < 1.29 is 25.5 Å². The predicted molar refractivity (Wildman–Crippen MR) is 125 cm³/mol. The molecule has 3 saturated carbocycles. The molecule has 5 N–H and O–H groups in total. The molecule has 0 saturated heterocycles. The Morgan fingerprint density at radius 1 is 1.09 bits per heavy atom. The van der Waals surface area contributed by atoms with E-state index in [2.05, 4.69) is 26.8 Å². The number of hydrogen-bond donors (Lipinski definition) is 5. The average Bonchev–Trinajstić information content (AvgIpc) is 3.00. The summed E-state index contributed by atoms with van der Waals surface area (Å²) in [6.45, 7) is 8.74. The van der Waals surface area contributed by atoms with E-state index in [-0.39, 0.29) is 47.2 Å². The number of fused-ring (bicyclic) bond motifs is 5. The van der Waals surface area contributed by atoms with Crippen LogP contribution in [0, 0.1) is 46.3 Å². The van der Waals surface area contributed by atoms with Crippen molar-refractivity contribution in [2.45, 2.75) is 103 Å². The van der Waals surface area contributed by atoms with Gasteiger partial charge in [0.15, 0.2) is 0 Å². The van der Waals surface area contributed by atoms with Crippen molar-refractivity contribution in [1.29, 1.82) is 0 Å². The minimum Gasteiger partial charge on any atom is -0.396 e. The molecule has 0 heterocycles. The van der Waals surface area contributed by atoms with E-state index in [9.17, 15) is 25.5 Å². The molecule has 4 aliphatic rings. The van der Waals surface area contributed by atoms with Gasteiger partial charge in [-0.25, -0.2) is 0 Å². The Labute approximate surface area is 193 Å². The zero-order chi connectivity index (χ0) is 23.4. The molecule has 3 fully saturated rings. The third-order valence-electron chi connectivity index (χ3n) is 10.6. The summed E-state index contributed by atoms with van der Waals surface area (Å²) in [7, 11) is 0. The fourth-order valence-electron chi connectivity index (χ4n) is 8.83. The zero-order valence-corrected chi connectivity index (χ0v) is 20.5. The number of aliphatic hydroxyl groups is 5. The lowest BCUT2D eigenvalue weighted by molar-refractivity contribution is -0.136. The van der Waals surface area contributed by atoms with Crippen LogP contribution in [0.4, 0.5) is 0 Å². The van der Waals surface area contributed by atoms with Crippen molar-refractivity contribution in [2.24, 2.45) is 46.3 Å². The summed E-state index contributed by atoms with van der Waals surface area (Å²) in [5, 5.41) is 53.3. The highest BCUT2D eigenvalue weighted by atomic mass is 16.3. The largest absolute Gasteiger partial charge is 0.396 e. The molecule has 0 aromatic carbocycles. The van der Waals surface area contributed by atoms with Crippen LogP contribution in [0.2, 0.25) is 0 Å². The molecule has 0 unspecified atom stereocenters. The second kappa shape index (κ2) is 8.96. The van der Waals surface area contributed by atoms with Gasteiger partial charge in [-0.2, -0.15) is 0 Å². The van der Waals surface area contributed by atoms with Gasteiger partial charge in [0.25, 0.3) is 0 Å². The van der Waals surface area contributed by atoms with Crippen molar-refractivity contribution in [3.8, 4) is 0 Å². The van der Waals surface area contributed by atoms with Gasteiger partial charge < -0.3 is 25.5 Å². The first-order valence-electron chi connectivity index (χ1n) is 13.1. The topological polar surface area (TPSA) is 101 Å². The summed E-state index contributed by atoms with van der Waals surface area (Å²) in [5.41, 5.74) is 1.08. The molecule has 0 aromatic heterocycles. The minimum absolute atomic E-state index is 0.0334. The highest BCUT2D eigenvalue weighted by Gasteiger charge is 2.64. The predicted octanol–water partition coefficient (Wildman–Crippen LogP) is 3.27. The number of hydrogen-bond acceptors (Lipinski definition) is 5. The van der Waals surface area contributed by atoms with Crippen molar-refractivity contribution in [2.75, 3.05) is 6.61 Å². The maximum absolute atomic E-state index is 11.6. The van der Waals surface area contributed by atoms with Gasteiger partial charge in [0.2, 0.25) is 0 Å². The monoisotopic (exact) mass is 450 g/mol. The van der Waals surface area contributed by atoms with E-state index in [4.69, 9.17) is 0 Å². The van der Waals surface area contributed by atoms with Gasteiger partial charge in [0.05, 0.1) is 24.4 Å². The fourth-order valence-corrected chi connectivity index (χ4v) is 8.83. The van der Waals surface area contributed by atoms with Crippen LogP contribution in [0.5, 0.6) is 0 Å². The smallest absolute Gasteiger partial charge is 0.0585 e. The average molecular weight is 451 g/mol. The van der Waals surface area contributed by atoms with Crippen molar-refractivity contribution in [3.05, 3.63) is 11.6 Å². The molecule has 32 heavy (non-hydrogen) atoms. The Hall–Kier alpha value is -0.460. The highest BCUT2D eigenvalue weighted by Crippen LogP contribution is 2.67. The van der Waals surface area contributed by atoms with Crippen molar-refractivity contribution in [3.63, 3.8) is 0 Å². The lowest BCUT2D eigenvalue weighted by atomic mass is 9.46. The van der Waals surface area contributed by atoms with Crippen LogP contribution in [0.3, 0.4) is 0 Å². The van der Waals surface area contributed by atoms with E-state index >= 15 is 0 Å². The van der Waals surface area contributed by atoms with Crippen LogP contribution in [-0.4, -0.2) is 56.6 Å². The summed E-state index contributed by atoms with van der Waals surface area (Å²) in [5.74, 6) is 0.946. The second-order valence-electron chi connectivity index (χ2n) is 12.5. The molecule has 0 radical (unpaired) electrons. The Morgan fingerprint density at radius 3 is 2.50 bits per heavy atom. The lowest BCUT2D eigenvalue weighted by Crippen LogP contribution is -2.57. The summed E-state index contributed by atoms with van der Waals surface area (Å²) >= 11 is 0. The first kappa shape index (κ1) is 24.7. The van der Waals surface area contributed by atoms with Crippen LogP contribution in [0.1, 0.15) is 79.1 Å². The standard InChI is InChI=1S/C27H46O5/c1-15(14-28)5-8-21(30)16(2)24-22(31)12-20-19-7-6-17-11-18(29)9-10-26(17,3)25(19)23(32)13-27(20,24)4/h6,15-16,18-25,28-32H,5,7-14H2,1-4H3/t15-,16-,18+,19+,20+,21-,22+,23-,24+,25-,26+,27+/m1/s1. The molecule has 184 valence electrons. The maximum atomic E-state index is 11.6. The third kappa shape index (κ3) is 3.90. The fraction of sp³-hybridized carbons (Fsp3) is 0.926. The van der Waals surface area contributed by atoms with Crippen LogP contribution in [-0.2, 0) is 0 Å². The first-order chi connectivity index (χ1) is 15.0. The number of rotatable bonds is 6. The van der Waals surface area contributed by atoms with E-state index in [1.54, 1.807) is 0 Å². The Bertz CT molecular complexity index is 708. The van der Waals surface area contributed by atoms with Gasteiger partial charge in [0, 0.05) is 6.61 Å². The Morgan fingerprint density at radius 2 is 1.81 bits per heavy atom. The van der Waals surface area contributed by atoms with Gasteiger partial charge in [-0.1, -0.05) is 39.3 Å². The molecule has 0 aliphatic heterocycles. The van der Waals surface area contributed by atoms with E-state index in [0.29, 0.717) is 24.7 Å². The molecule has 0 spiro atoms. The molecule has 4 rings (SSSR count). The van der Waals surface area contributed by atoms with Gasteiger partial charge in [0.1, 0.15) is 0 Å². The van der Waals surface area contributed by atoms with Crippen LogP contribution in [0.15, 0.2) is 11.6 Å². The quantitative estimate of drug-likeness (QED) is 0.400. The van der Waals surface area contributed by atoms with E-state index in [1.807, 2.05) is 6.92 Å². The summed E-state index contributed by atoms with van der Waals surface area (Å²) in [4.78, 5) is 0. The van der Waals surface area contributed by atoms with Gasteiger partial charge >= 0.3 is 0 Å². The van der Waals surface area contributed by atoms with Crippen molar-refractivity contribution >= 4 is 0 Å². The SMILES string of the molecule is C[C@@H](CO)CC[C@@H](O)[C@@H](C)[C@H]1[C@@H](O)C[C@H]2[C@@H]3CC=C4C[C@@H](O)CC[C@]4(C)[C@H]3[C@H](O)C[C@]12C. The molecular formula is C27H46O5. The Kier molecular flexibility index (Phi) is 6.90. The van der Waals surface area contributed by atoms with Gasteiger partial charge in [-0.15, -0.1) is 0 Å². The van der Waals surface area contributed by atoms with Crippen LogP contribution < -0.4 is 0 Å². The molecule has 0 amide bonds. The zero-order valence-electron chi connectivity index (χ0n) is 20.5. The minimum atomic E-state index is -0.510. The summed E-state index contributed by atoms with van der Waals surface area (Å²) < 4.78 is 0. The van der Waals surface area contributed by atoms with Gasteiger partial charge in [-0.05, 0) is 97.7 Å².